The summed E-state index contributed by atoms with van der Waals surface area (Å²) >= 11 is 0. The van der Waals surface area contributed by atoms with E-state index in [9.17, 15) is 0 Å². The molecule has 0 spiro atoms. The highest BCUT2D eigenvalue weighted by atomic mass is 79.9. The molecule has 2 nitrogen and oxygen atoms in total. The molecule has 0 saturated carbocycles. The Morgan fingerprint density at radius 1 is 1.21 bits per heavy atom. The number of hydrogen-bond donors (Lipinski definition) is 0. The normalized spacial score (nSPS) is 9.00. The maximum atomic E-state index is 2.25. The second-order valence-electron chi connectivity index (χ2n) is 3.38. The molecule has 0 unspecified atom stereocenters. The first kappa shape index (κ1) is 16.4. The second-order valence-corrected chi connectivity index (χ2v) is 3.38. The minimum Gasteiger partial charge on any atom is -0.240 e. The predicted octanol–water partition coefficient (Wildman–Crippen LogP) is 2.89. The van der Waals surface area contributed by atoms with Crippen LogP contribution in [0.25, 0.3) is 0 Å². The van der Waals surface area contributed by atoms with Crippen molar-refractivity contribution in [3.63, 3.8) is 0 Å². The van der Waals surface area contributed by atoms with Gasteiger partial charge in [-0.3, -0.25) is 0 Å². The maximum absolute atomic E-state index is 2.25. The summed E-state index contributed by atoms with van der Waals surface area (Å²) < 4.78 is 4.33. The van der Waals surface area contributed by atoms with Crippen LogP contribution in [0.15, 0.2) is 18.7 Å². The Bertz CT molecular complexity index is 226. The molecule has 14 heavy (non-hydrogen) atoms. The molecule has 4 heteroatoms. The van der Waals surface area contributed by atoms with E-state index in [0.717, 1.165) is 0 Å². The molecule has 0 amide bonds. The Balaban J connectivity index is 0. The van der Waals surface area contributed by atoms with Crippen molar-refractivity contribution in [2.45, 2.75) is 39.2 Å². The van der Waals surface area contributed by atoms with Gasteiger partial charge in [0, 0.05) is 0 Å². The first-order valence-corrected chi connectivity index (χ1v) is 4.84. The van der Waals surface area contributed by atoms with Crippen molar-refractivity contribution in [1.82, 2.24) is 4.57 Å². The zero-order valence-corrected chi connectivity index (χ0v) is 11.5. The first-order chi connectivity index (χ1) is 5.83. The Morgan fingerprint density at radius 2 is 1.93 bits per heavy atom. The summed E-state index contributed by atoms with van der Waals surface area (Å²) in [5.41, 5.74) is 0. The van der Waals surface area contributed by atoms with Crippen LogP contribution in [0.3, 0.4) is 0 Å². The van der Waals surface area contributed by atoms with E-state index in [-0.39, 0.29) is 29.4 Å². The van der Waals surface area contributed by atoms with E-state index in [2.05, 4.69) is 41.8 Å². The van der Waals surface area contributed by atoms with Gasteiger partial charge in [-0.25, -0.2) is 9.13 Å². The molecule has 0 aliphatic carbocycles. The average molecular weight is 285 g/mol. The average Bonchev–Trinajstić information content (AvgIpc) is 2.45. The van der Waals surface area contributed by atoms with Crippen molar-refractivity contribution < 1.29 is 4.57 Å². The lowest BCUT2D eigenvalue weighted by Gasteiger charge is -1.95. The molecule has 0 saturated heterocycles. The third kappa shape index (κ3) is 6.44. The van der Waals surface area contributed by atoms with E-state index in [0.29, 0.717) is 0 Å². The lowest BCUT2D eigenvalue weighted by molar-refractivity contribution is -0.696. The van der Waals surface area contributed by atoms with Gasteiger partial charge in [0.25, 0.3) is 0 Å². The Hall–Kier alpha value is -0.0200. The third-order valence-corrected chi connectivity index (χ3v) is 2.09. The highest BCUT2D eigenvalue weighted by molar-refractivity contribution is 8.93. The quantitative estimate of drug-likeness (QED) is 0.581. The number of hydrogen-bond acceptors (Lipinski definition) is 0. The van der Waals surface area contributed by atoms with Crippen molar-refractivity contribution in [3.8, 4) is 0 Å². The van der Waals surface area contributed by atoms with Crippen molar-refractivity contribution in [2.75, 3.05) is 0 Å². The molecule has 0 atom stereocenters. The molecule has 0 aliphatic heterocycles. The fourth-order valence-corrected chi connectivity index (χ4v) is 1.36. The van der Waals surface area contributed by atoms with E-state index < -0.39 is 0 Å². The van der Waals surface area contributed by atoms with Gasteiger partial charge >= 0.3 is 0 Å². The van der Waals surface area contributed by atoms with Crippen molar-refractivity contribution in [3.05, 3.63) is 18.7 Å². The molecule has 1 aromatic heterocycles. The van der Waals surface area contributed by atoms with Crippen LogP contribution in [-0.4, -0.2) is 4.57 Å². The van der Waals surface area contributed by atoms with E-state index in [4.69, 9.17) is 0 Å². The summed E-state index contributed by atoms with van der Waals surface area (Å²) in [4.78, 5) is 0. The molecular weight excluding hydrogens is 263 g/mol. The number of unbranched alkanes of at least 4 members (excludes halogenated alkanes) is 3. The maximum Gasteiger partial charge on any atom is 0.243 e. The van der Waals surface area contributed by atoms with Gasteiger partial charge in [-0.15, -0.1) is 29.4 Å². The number of nitrogens with zero attached hydrogens (tertiary/aromatic N) is 2. The SMILES string of the molecule is Br.CCCCCC[n+]1ccn(C)c1.Cl. The fourth-order valence-electron chi connectivity index (χ4n) is 1.36. The summed E-state index contributed by atoms with van der Waals surface area (Å²) in [6.45, 7) is 3.41. The molecule has 1 heterocycles. The van der Waals surface area contributed by atoms with E-state index in [1.807, 2.05) is 0 Å². The molecule has 1 rings (SSSR count). The number of rotatable bonds is 5. The number of imidazole rings is 1. The van der Waals surface area contributed by atoms with Gasteiger partial charge in [0.2, 0.25) is 6.33 Å². The Kier molecular flexibility index (Phi) is 11.2. The Morgan fingerprint density at radius 3 is 2.43 bits per heavy atom. The minimum absolute atomic E-state index is 0. The molecule has 0 N–H and O–H groups in total. The van der Waals surface area contributed by atoms with Crippen LogP contribution in [0.4, 0.5) is 0 Å². The van der Waals surface area contributed by atoms with Gasteiger partial charge < -0.3 is 0 Å². The summed E-state index contributed by atoms with van der Waals surface area (Å²) in [5, 5.41) is 0. The molecule has 0 aromatic carbocycles. The van der Waals surface area contributed by atoms with Crippen molar-refractivity contribution >= 4 is 29.4 Å². The lowest BCUT2D eigenvalue weighted by Crippen LogP contribution is -2.30. The van der Waals surface area contributed by atoms with Crippen LogP contribution in [0.5, 0.6) is 0 Å². The summed E-state index contributed by atoms with van der Waals surface area (Å²) in [6.07, 6.45) is 11.7. The largest absolute Gasteiger partial charge is 0.243 e. The molecule has 0 radical (unpaired) electrons. The van der Waals surface area contributed by atoms with Crippen LogP contribution in [-0.2, 0) is 13.6 Å². The Labute approximate surface area is 104 Å². The minimum atomic E-state index is 0. The number of aromatic nitrogens is 2. The molecule has 1 aromatic rings. The molecule has 84 valence electrons. The van der Waals surface area contributed by atoms with Crippen molar-refractivity contribution in [1.29, 1.82) is 0 Å². The van der Waals surface area contributed by atoms with Gasteiger partial charge in [0.15, 0.2) is 0 Å². The molecule has 0 fully saturated rings. The van der Waals surface area contributed by atoms with E-state index >= 15 is 0 Å². The molecular formula is C10H21BrClN2+. The highest BCUT2D eigenvalue weighted by Gasteiger charge is 1.97. The molecule has 0 aliphatic rings. The number of aryl methyl sites for hydroxylation is 2. The lowest BCUT2D eigenvalue weighted by atomic mass is 10.2. The second kappa shape index (κ2) is 9.53. The van der Waals surface area contributed by atoms with Gasteiger partial charge in [-0.05, 0) is 12.8 Å². The van der Waals surface area contributed by atoms with E-state index in [1.165, 1.54) is 32.2 Å². The van der Waals surface area contributed by atoms with Crippen LogP contribution >= 0.6 is 29.4 Å². The summed E-state index contributed by atoms with van der Waals surface area (Å²) in [5.74, 6) is 0. The van der Waals surface area contributed by atoms with Gasteiger partial charge in [-0.1, -0.05) is 19.8 Å². The predicted molar refractivity (Wildman–Crippen MR) is 67.3 cm³/mol. The zero-order chi connectivity index (χ0) is 8.81. The van der Waals surface area contributed by atoms with Crippen molar-refractivity contribution in [2.24, 2.45) is 7.05 Å². The highest BCUT2D eigenvalue weighted by Crippen LogP contribution is 1.97. The van der Waals surface area contributed by atoms with Gasteiger partial charge in [0.05, 0.1) is 13.6 Å². The smallest absolute Gasteiger partial charge is 0.240 e. The third-order valence-electron chi connectivity index (χ3n) is 2.09. The fraction of sp³-hybridized carbons (Fsp3) is 0.700. The summed E-state index contributed by atoms with van der Waals surface area (Å²) in [7, 11) is 2.06. The van der Waals surface area contributed by atoms with Crippen LogP contribution < -0.4 is 4.57 Å². The van der Waals surface area contributed by atoms with Crippen LogP contribution in [0.1, 0.15) is 32.6 Å². The van der Waals surface area contributed by atoms with Gasteiger partial charge in [-0.2, -0.15) is 0 Å². The van der Waals surface area contributed by atoms with Crippen LogP contribution in [0, 0.1) is 0 Å². The number of halogens is 2. The first-order valence-electron chi connectivity index (χ1n) is 4.84. The standard InChI is InChI=1S/C10H19N2.BrH.ClH/c1-3-4-5-6-7-12-9-8-11(2)10-12;;/h8-10H,3-7H2,1-2H3;2*1H/q+1;;. The zero-order valence-electron chi connectivity index (χ0n) is 8.98. The van der Waals surface area contributed by atoms with E-state index in [1.54, 1.807) is 0 Å². The monoisotopic (exact) mass is 283 g/mol. The summed E-state index contributed by atoms with van der Waals surface area (Å²) in [6, 6.07) is 0. The van der Waals surface area contributed by atoms with Crippen LogP contribution in [0.2, 0.25) is 0 Å². The molecule has 0 bridgehead atoms. The topological polar surface area (TPSA) is 8.81 Å². The van der Waals surface area contributed by atoms with Gasteiger partial charge in [0.1, 0.15) is 12.4 Å².